The molecule has 1 aliphatic rings. The molecule has 1 aromatic rings. The zero-order chi connectivity index (χ0) is 10.3. The van der Waals surface area contributed by atoms with Gasteiger partial charge in [-0.3, -0.25) is 0 Å². The fraction of sp³-hybridized carbons (Fsp3) is 0.538. The highest BCUT2D eigenvalue weighted by Gasteiger charge is 2.30. The van der Waals surface area contributed by atoms with Crippen molar-refractivity contribution in [3.05, 3.63) is 34.3 Å². The first-order valence-corrected chi connectivity index (χ1v) is 5.68. The van der Waals surface area contributed by atoms with Gasteiger partial charge in [0.05, 0.1) is 0 Å². The number of halogens is 1. The van der Waals surface area contributed by atoms with E-state index < -0.39 is 0 Å². The monoisotopic (exact) mass is 208 g/mol. The minimum Gasteiger partial charge on any atom is -0.0843 e. The highest BCUT2D eigenvalue weighted by atomic mass is 35.5. The summed E-state index contributed by atoms with van der Waals surface area (Å²) in [6.07, 6.45) is 2.56. The van der Waals surface area contributed by atoms with Gasteiger partial charge in [-0.25, -0.2) is 0 Å². The minimum atomic E-state index is 0.298. The van der Waals surface area contributed by atoms with E-state index in [9.17, 15) is 0 Å². The summed E-state index contributed by atoms with van der Waals surface area (Å²) in [6, 6.07) is 6.36. The summed E-state index contributed by atoms with van der Waals surface area (Å²) in [4.78, 5) is 0. The van der Waals surface area contributed by atoms with Crippen molar-refractivity contribution in [3.8, 4) is 0 Å². The molecular weight excluding hydrogens is 192 g/mol. The van der Waals surface area contributed by atoms with Gasteiger partial charge in [-0.2, -0.15) is 0 Å². The van der Waals surface area contributed by atoms with Gasteiger partial charge in [0.15, 0.2) is 0 Å². The average Bonchev–Trinajstić information content (AvgIpc) is 2.12. The SMILES string of the molecule is CC1CCC(C)(C)c2cc(Cl)ccc21. The van der Waals surface area contributed by atoms with Crippen LogP contribution in [-0.2, 0) is 5.41 Å². The van der Waals surface area contributed by atoms with Crippen molar-refractivity contribution in [2.45, 2.75) is 44.9 Å². The Morgan fingerprint density at radius 1 is 1.36 bits per heavy atom. The van der Waals surface area contributed by atoms with Crippen molar-refractivity contribution in [1.29, 1.82) is 0 Å². The Labute approximate surface area is 91.3 Å². The molecule has 0 amide bonds. The number of rotatable bonds is 0. The molecule has 0 bridgehead atoms. The van der Waals surface area contributed by atoms with Crippen LogP contribution in [0.5, 0.6) is 0 Å². The molecule has 0 aromatic heterocycles. The van der Waals surface area contributed by atoms with Crippen molar-refractivity contribution >= 4 is 11.6 Å². The van der Waals surface area contributed by atoms with Gasteiger partial charge in [0.1, 0.15) is 0 Å². The third-order valence-electron chi connectivity index (χ3n) is 3.48. The fourth-order valence-electron chi connectivity index (χ4n) is 2.41. The topological polar surface area (TPSA) is 0 Å². The molecule has 0 fully saturated rings. The second kappa shape index (κ2) is 3.27. The summed E-state index contributed by atoms with van der Waals surface area (Å²) in [5.74, 6) is 0.690. The van der Waals surface area contributed by atoms with Crippen LogP contribution < -0.4 is 0 Å². The second-order valence-corrected chi connectivity index (χ2v) is 5.49. The molecule has 1 atom stereocenters. The van der Waals surface area contributed by atoms with E-state index in [4.69, 9.17) is 11.6 Å². The van der Waals surface area contributed by atoms with Crippen molar-refractivity contribution in [2.24, 2.45) is 0 Å². The number of hydrogen-bond acceptors (Lipinski definition) is 0. The summed E-state index contributed by atoms with van der Waals surface area (Å²) in [6.45, 7) is 6.93. The lowest BCUT2D eigenvalue weighted by Crippen LogP contribution is -2.25. The van der Waals surface area contributed by atoms with Gasteiger partial charge in [-0.1, -0.05) is 38.4 Å². The molecule has 1 unspecified atom stereocenters. The largest absolute Gasteiger partial charge is 0.0843 e. The average molecular weight is 209 g/mol. The highest BCUT2D eigenvalue weighted by Crippen LogP contribution is 2.43. The normalized spacial score (nSPS) is 24.4. The summed E-state index contributed by atoms with van der Waals surface area (Å²) >= 11 is 6.05. The first-order valence-electron chi connectivity index (χ1n) is 5.30. The fourth-order valence-corrected chi connectivity index (χ4v) is 2.58. The van der Waals surface area contributed by atoms with Crippen LogP contribution >= 0.6 is 11.6 Å². The van der Waals surface area contributed by atoms with E-state index in [1.165, 1.54) is 24.0 Å². The third kappa shape index (κ3) is 1.56. The van der Waals surface area contributed by atoms with E-state index in [2.05, 4.69) is 32.9 Å². The molecular formula is C13H17Cl. The van der Waals surface area contributed by atoms with E-state index in [0.29, 0.717) is 11.3 Å². The Morgan fingerprint density at radius 2 is 2.07 bits per heavy atom. The Morgan fingerprint density at radius 3 is 2.79 bits per heavy atom. The molecule has 0 spiro atoms. The lowest BCUT2D eigenvalue weighted by molar-refractivity contribution is 0.402. The molecule has 1 heteroatoms. The standard InChI is InChI=1S/C13H17Cl/c1-9-6-7-13(2,3)12-8-10(14)4-5-11(9)12/h4-5,8-9H,6-7H2,1-3H3. The smallest absolute Gasteiger partial charge is 0.0409 e. The van der Waals surface area contributed by atoms with Crippen molar-refractivity contribution in [3.63, 3.8) is 0 Å². The first-order chi connectivity index (χ1) is 6.50. The van der Waals surface area contributed by atoms with E-state index in [0.717, 1.165) is 5.02 Å². The van der Waals surface area contributed by atoms with Crippen LogP contribution in [0.4, 0.5) is 0 Å². The van der Waals surface area contributed by atoms with Crippen LogP contribution in [-0.4, -0.2) is 0 Å². The van der Waals surface area contributed by atoms with Crippen molar-refractivity contribution in [2.75, 3.05) is 0 Å². The van der Waals surface area contributed by atoms with Gasteiger partial charge in [-0.15, -0.1) is 0 Å². The van der Waals surface area contributed by atoms with Crippen molar-refractivity contribution in [1.82, 2.24) is 0 Å². The molecule has 0 nitrogen and oxygen atoms in total. The molecule has 0 saturated carbocycles. The van der Waals surface area contributed by atoms with Gasteiger partial charge in [-0.05, 0) is 47.4 Å². The van der Waals surface area contributed by atoms with Gasteiger partial charge < -0.3 is 0 Å². The van der Waals surface area contributed by atoms with Crippen LogP contribution in [0.15, 0.2) is 18.2 Å². The van der Waals surface area contributed by atoms with Gasteiger partial charge in [0, 0.05) is 5.02 Å². The number of benzene rings is 1. The maximum Gasteiger partial charge on any atom is 0.0409 e. The van der Waals surface area contributed by atoms with Crippen LogP contribution in [0, 0.1) is 0 Å². The quantitative estimate of drug-likeness (QED) is 0.588. The zero-order valence-electron chi connectivity index (χ0n) is 9.10. The molecule has 0 saturated heterocycles. The second-order valence-electron chi connectivity index (χ2n) is 5.06. The van der Waals surface area contributed by atoms with E-state index in [1.54, 1.807) is 0 Å². The van der Waals surface area contributed by atoms with Crippen LogP contribution in [0.3, 0.4) is 0 Å². The molecule has 76 valence electrons. The lowest BCUT2D eigenvalue weighted by atomic mass is 9.69. The summed E-state index contributed by atoms with van der Waals surface area (Å²) < 4.78 is 0. The number of fused-ring (bicyclic) bond motifs is 1. The van der Waals surface area contributed by atoms with Crippen molar-refractivity contribution < 1.29 is 0 Å². The summed E-state index contributed by atoms with van der Waals surface area (Å²) in [5.41, 5.74) is 3.24. The minimum absolute atomic E-state index is 0.298. The lowest BCUT2D eigenvalue weighted by Gasteiger charge is -2.36. The van der Waals surface area contributed by atoms with Crippen LogP contribution in [0.2, 0.25) is 5.02 Å². The van der Waals surface area contributed by atoms with Gasteiger partial charge >= 0.3 is 0 Å². The first kappa shape index (κ1) is 10.0. The van der Waals surface area contributed by atoms with E-state index in [-0.39, 0.29) is 0 Å². The third-order valence-corrected chi connectivity index (χ3v) is 3.71. The van der Waals surface area contributed by atoms with E-state index in [1.807, 2.05) is 6.07 Å². The molecule has 0 radical (unpaired) electrons. The summed E-state index contributed by atoms with van der Waals surface area (Å²) in [7, 11) is 0. The van der Waals surface area contributed by atoms with Crippen LogP contribution in [0.25, 0.3) is 0 Å². The van der Waals surface area contributed by atoms with E-state index >= 15 is 0 Å². The maximum absolute atomic E-state index is 6.05. The number of hydrogen-bond donors (Lipinski definition) is 0. The summed E-state index contributed by atoms with van der Waals surface area (Å²) in [5, 5.41) is 0.867. The molecule has 1 aromatic carbocycles. The Bertz CT molecular complexity index is 352. The Kier molecular flexibility index (Phi) is 2.35. The molecule has 0 aliphatic heterocycles. The predicted octanol–water partition coefficient (Wildman–Crippen LogP) is 4.51. The molecule has 2 rings (SSSR count). The van der Waals surface area contributed by atoms with Gasteiger partial charge in [0.2, 0.25) is 0 Å². The Balaban J connectivity index is 2.58. The molecule has 1 aliphatic carbocycles. The molecule has 0 N–H and O–H groups in total. The highest BCUT2D eigenvalue weighted by molar-refractivity contribution is 6.30. The zero-order valence-corrected chi connectivity index (χ0v) is 9.86. The molecule has 14 heavy (non-hydrogen) atoms. The maximum atomic E-state index is 6.05. The van der Waals surface area contributed by atoms with Crippen LogP contribution in [0.1, 0.15) is 50.7 Å². The molecule has 0 heterocycles. The van der Waals surface area contributed by atoms with Gasteiger partial charge in [0.25, 0.3) is 0 Å². The Hall–Kier alpha value is -0.490. The predicted molar refractivity (Wildman–Crippen MR) is 62.1 cm³/mol.